The topological polar surface area (TPSA) is 106 Å². The summed E-state index contributed by atoms with van der Waals surface area (Å²) in [6, 6.07) is 7.24. The van der Waals surface area contributed by atoms with Crippen LogP contribution in [0.15, 0.2) is 24.3 Å². The largest absolute Gasteiger partial charge is 0.444 e. The summed E-state index contributed by atoms with van der Waals surface area (Å²) in [7, 11) is 1.54. The molecule has 8 heteroatoms. The van der Waals surface area contributed by atoms with Gasteiger partial charge < -0.3 is 25.4 Å². The Kier molecular flexibility index (Phi) is 9.29. The SMILES string of the molecule is COCCC(=O)Nc1ccccc1CNC(=O)CCNC(=O)OC(C)(C)C. The molecule has 0 aliphatic heterocycles. The van der Waals surface area contributed by atoms with Gasteiger partial charge in [0.1, 0.15) is 5.60 Å². The third-order valence-electron chi connectivity index (χ3n) is 3.32. The molecule has 0 aliphatic carbocycles. The molecule has 1 aromatic carbocycles. The first-order valence-corrected chi connectivity index (χ1v) is 8.81. The second kappa shape index (κ2) is 11.2. The maximum absolute atomic E-state index is 12.0. The minimum Gasteiger partial charge on any atom is -0.444 e. The molecule has 0 radical (unpaired) electrons. The fourth-order valence-corrected chi connectivity index (χ4v) is 2.08. The van der Waals surface area contributed by atoms with E-state index in [2.05, 4.69) is 16.0 Å². The van der Waals surface area contributed by atoms with Crippen molar-refractivity contribution >= 4 is 23.6 Å². The van der Waals surface area contributed by atoms with Gasteiger partial charge in [-0.2, -0.15) is 0 Å². The molecular formula is C19H29N3O5. The van der Waals surface area contributed by atoms with Crippen LogP contribution in [-0.2, 0) is 25.6 Å². The zero-order chi connectivity index (χ0) is 20.3. The predicted octanol–water partition coefficient (Wildman–Crippen LogP) is 2.19. The number of ether oxygens (including phenoxy) is 2. The smallest absolute Gasteiger partial charge is 0.407 e. The zero-order valence-corrected chi connectivity index (χ0v) is 16.4. The average molecular weight is 379 g/mol. The van der Waals surface area contributed by atoms with Gasteiger partial charge in [-0.05, 0) is 32.4 Å². The van der Waals surface area contributed by atoms with Crippen molar-refractivity contribution in [2.75, 3.05) is 25.6 Å². The first kappa shape index (κ1) is 22.4. The summed E-state index contributed by atoms with van der Waals surface area (Å²) < 4.78 is 9.98. The van der Waals surface area contributed by atoms with E-state index in [1.807, 2.05) is 18.2 Å². The van der Waals surface area contributed by atoms with Crippen LogP contribution in [0.25, 0.3) is 0 Å². The highest BCUT2D eigenvalue weighted by molar-refractivity contribution is 5.91. The number of rotatable bonds is 9. The van der Waals surface area contributed by atoms with E-state index in [9.17, 15) is 14.4 Å². The van der Waals surface area contributed by atoms with Crippen LogP contribution in [-0.4, -0.2) is 43.8 Å². The van der Waals surface area contributed by atoms with Crippen LogP contribution < -0.4 is 16.0 Å². The van der Waals surface area contributed by atoms with E-state index < -0.39 is 11.7 Å². The number of hydrogen-bond acceptors (Lipinski definition) is 5. The first-order chi connectivity index (χ1) is 12.7. The standard InChI is InChI=1S/C19H29N3O5/c1-19(2,3)27-18(25)20-11-9-16(23)21-13-14-7-5-6-8-15(14)22-17(24)10-12-26-4/h5-8H,9-13H2,1-4H3,(H,20,25)(H,21,23)(H,22,24). The number of carbonyl (C=O) groups excluding carboxylic acids is 3. The molecule has 0 unspecified atom stereocenters. The van der Waals surface area contributed by atoms with Crippen LogP contribution in [0.2, 0.25) is 0 Å². The van der Waals surface area contributed by atoms with Crippen LogP contribution >= 0.6 is 0 Å². The highest BCUT2D eigenvalue weighted by Crippen LogP contribution is 2.15. The summed E-state index contributed by atoms with van der Waals surface area (Å²) in [5.41, 5.74) is 0.853. The van der Waals surface area contributed by atoms with Crippen molar-refractivity contribution in [3.05, 3.63) is 29.8 Å². The van der Waals surface area contributed by atoms with E-state index in [1.165, 1.54) is 7.11 Å². The normalized spacial score (nSPS) is 10.8. The first-order valence-electron chi connectivity index (χ1n) is 8.81. The third kappa shape index (κ3) is 10.2. The molecule has 0 spiro atoms. The fourth-order valence-electron chi connectivity index (χ4n) is 2.08. The summed E-state index contributed by atoms with van der Waals surface area (Å²) in [4.78, 5) is 35.3. The van der Waals surface area contributed by atoms with Gasteiger partial charge >= 0.3 is 6.09 Å². The number of anilines is 1. The summed E-state index contributed by atoms with van der Waals surface area (Å²) in [6.45, 7) is 6.10. The van der Waals surface area contributed by atoms with E-state index in [0.29, 0.717) is 12.3 Å². The number of nitrogens with one attached hydrogen (secondary N) is 3. The molecule has 0 aliphatic rings. The van der Waals surface area contributed by atoms with Crippen LogP contribution in [0.3, 0.4) is 0 Å². The van der Waals surface area contributed by atoms with Gasteiger partial charge in [0, 0.05) is 32.3 Å². The Balaban J connectivity index is 2.41. The van der Waals surface area contributed by atoms with Gasteiger partial charge in [0.2, 0.25) is 11.8 Å². The number of methoxy groups -OCH3 is 1. The lowest BCUT2D eigenvalue weighted by Gasteiger charge is -2.19. The van der Waals surface area contributed by atoms with Gasteiger partial charge in [-0.3, -0.25) is 9.59 Å². The number of amides is 3. The second-order valence-corrected chi connectivity index (χ2v) is 6.90. The summed E-state index contributed by atoms with van der Waals surface area (Å²) in [6.07, 6.45) is -0.172. The monoisotopic (exact) mass is 379 g/mol. The summed E-state index contributed by atoms with van der Waals surface area (Å²) >= 11 is 0. The van der Waals surface area contributed by atoms with Crippen molar-refractivity contribution in [2.24, 2.45) is 0 Å². The van der Waals surface area contributed by atoms with Crippen LogP contribution in [0.5, 0.6) is 0 Å². The number of benzene rings is 1. The van der Waals surface area contributed by atoms with Gasteiger partial charge in [-0.25, -0.2) is 4.79 Å². The lowest BCUT2D eigenvalue weighted by Crippen LogP contribution is -2.35. The van der Waals surface area contributed by atoms with Crippen LogP contribution in [0.4, 0.5) is 10.5 Å². The van der Waals surface area contributed by atoms with Crippen molar-refractivity contribution in [3.63, 3.8) is 0 Å². The zero-order valence-electron chi connectivity index (χ0n) is 16.4. The van der Waals surface area contributed by atoms with Crippen molar-refractivity contribution < 1.29 is 23.9 Å². The second-order valence-electron chi connectivity index (χ2n) is 6.90. The highest BCUT2D eigenvalue weighted by Gasteiger charge is 2.16. The maximum atomic E-state index is 12.0. The maximum Gasteiger partial charge on any atom is 0.407 e. The van der Waals surface area contributed by atoms with Gasteiger partial charge in [0.25, 0.3) is 0 Å². The van der Waals surface area contributed by atoms with Crippen LogP contribution in [0.1, 0.15) is 39.2 Å². The molecule has 0 heterocycles. The van der Waals surface area contributed by atoms with Crippen LogP contribution in [0, 0.1) is 0 Å². The Morgan fingerprint density at radius 1 is 1.00 bits per heavy atom. The minimum atomic E-state index is -0.580. The van der Waals surface area contributed by atoms with Gasteiger partial charge in [0.15, 0.2) is 0 Å². The molecule has 1 aromatic rings. The number of carbonyl (C=O) groups is 3. The quantitative estimate of drug-likeness (QED) is 0.610. The van der Waals surface area contributed by atoms with Crippen molar-refractivity contribution in [3.8, 4) is 0 Å². The molecule has 0 bridgehead atoms. The molecule has 8 nitrogen and oxygen atoms in total. The van der Waals surface area contributed by atoms with Crippen molar-refractivity contribution in [1.82, 2.24) is 10.6 Å². The van der Waals surface area contributed by atoms with E-state index in [-0.39, 0.29) is 37.7 Å². The Labute approximate surface area is 160 Å². The summed E-state index contributed by atoms with van der Waals surface area (Å²) in [5.74, 6) is -0.372. The minimum absolute atomic E-state index is 0.127. The van der Waals surface area contributed by atoms with E-state index in [1.54, 1.807) is 26.8 Å². The fraction of sp³-hybridized carbons (Fsp3) is 0.526. The predicted molar refractivity (Wildman–Crippen MR) is 102 cm³/mol. The molecule has 0 aromatic heterocycles. The lowest BCUT2D eigenvalue weighted by atomic mass is 10.1. The molecule has 0 atom stereocenters. The highest BCUT2D eigenvalue weighted by atomic mass is 16.6. The van der Waals surface area contributed by atoms with E-state index in [4.69, 9.17) is 9.47 Å². The molecule has 3 N–H and O–H groups in total. The molecule has 150 valence electrons. The molecule has 0 saturated heterocycles. The summed E-state index contributed by atoms with van der Waals surface area (Å²) in [5, 5.41) is 8.11. The number of hydrogen-bond donors (Lipinski definition) is 3. The van der Waals surface area contributed by atoms with Gasteiger partial charge in [0.05, 0.1) is 13.0 Å². The van der Waals surface area contributed by atoms with Gasteiger partial charge in [-0.1, -0.05) is 18.2 Å². The molecule has 0 saturated carbocycles. The molecule has 1 rings (SSSR count). The van der Waals surface area contributed by atoms with E-state index in [0.717, 1.165) is 5.56 Å². The Hall–Kier alpha value is -2.61. The van der Waals surface area contributed by atoms with Gasteiger partial charge in [-0.15, -0.1) is 0 Å². The Bertz CT molecular complexity index is 640. The lowest BCUT2D eigenvalue weighted by molar-refractivity contribution is -0.121. The Morgan fingerprint density at radius 2 is 1.70 bits per heavy atom. The number of para-hydroxylation sites is 1. The Morgan fingerprint density at radius 3 is 2.37 bits per heavy atom. The molecular weight excluding hydrogens is 350 g/mol. The van der Waals surface area contributed by atoms with E-state index >= 15 is 0 Å². The number of alkyl carbamates (subject to hydrolysis) is 1. The van der Waals surface area contributed by atoms with Crippen molar-refractivity contribution in [2.45, 2.75) is 45.8 Å². The average Bonchev–Trinajstić information content (AvgIpc) is 2.57. The molecule has 0 fully saturated rings. The third-order valence-corrected chi connectivity index (χ3v) is 3.32. The molecule has 27 heavy (non-hydrogen) atoms. The molecule has 3 amide bonds. The van der Waals surface area contributed by atoms with Crippen molar-refractivity contribution in [1.29, 1.82) is 0 Å².